The molecule has 1 aromatic rings. The van der Waals surface area contributed by atoms with Crippen molar-refractivity contribution in [1.29, 1.82) is 0 Å². The molecule has 0 saturated carbocycles. The van der Waals surface area contributed by atoms with Crippen LogP contribution in [0.2, 0.25) is 0 Å². The molecule has 0 N–H and O–H groups in total. The lowest BCUT2D eigenvalue weighted by Crippen LogP contribution is -2.37. The smallest absolute Gasteiger partial charge is 0.161 e. The SMILES string of the molecule is C=CCOc1c(Br)cc(C2C3=C(CCCC3=O)N(C)C3=C2C(=O)CCC3)cc1Br. The van der Waals surface area contributed by atoms with Crippen LogP contribution < -0.4 is 4.74 Å². The summed E-state index contributed by atoms with van der Waals surface area (Å²) < 4.78 is 7.33. The van der Waals surface area contributed by atoms with Crippen LogP contribution in [0.4, 0.5) is 0 Å². The first-order valence-electron chi connectivity index (χ1n) is 9.92. The van der Waals surface area contributed by atoms with Crippen molar-refractivity contribution in [2.24, 2.45) is 0 Å². The summed E-state index contributed by atoms with van der Waals surface area (Å²) in [5.41, 5.74) is 4.70. The van der Waals surface area contributed by atoms with Crippen molar-refractivity contribution in [2.45, 2.75) is 44.4 Å². The highest BCUT2D eigenvalue weighted by atomic mass is 79.9. The number of nitrogens with zero attached hydrogens (tertiary/aromatic N) is 1. The van der Waals surface area contributed by atoms with Crippen molar-refractivity contribution < 1.29 is 14.3 Å². The molecule has 4 rings (SSSR count). The van der Waals surface area contributed by atoms with Crippen LogP contribution in [0.1, 0.15) is 50.0 Å². The molecule has 6 heteroatoms. The van der Waals surface area contributed by atoms with Crippen molar-refractivity contribution >= 4 is 43.4 Å². The van der Waals surface area contributed by atoms with E-state index in [0.717, 1.165) is 62.7 Å². The van der Waals surface area contributed by atoms with Gasteiger partial charge in [0.25, 0.3) is 0 Å². The first kappa shape index (κ1) is 20.6. The summed E-state index contributed by atoms with van der Waals surface area (Å²) in [5.74, 6) is 0.701. The molecule has 0 radical (unpaired) electrons. The number of allylic oxidation sites excluding steroid dienone is 4. The summed E-state index contributed by atoms with van der Waals surface area (Å²) in [4.78, 5) is 28.2. The number of Topliss-reactive ketones (excluding diaryl/α,β-unsaturated/α-hetero) is 2. The maximum atomic E-state index is 13.0. The van der Waals surface area contributed by atoms with Crippen LogP contribution >= 0.6 is 31.9 Å². The monoisotopic (exact) mass is 519 g/mol. The first-order chi connectivity index (χ1) is 13.9. The molecule has 0 spiro atoms. The van der Waals surface area contributed by atoms with E-state index in [4.69, 9.17) is 4.74 Å². The topological polar surface area (TPSA) is 46.6 Å². The number of benzene rings is 1. The van der Waals surface area contributed by atoms with Gasteiger partial charge >= 0.3 is 0 Å². The van der Waals surface area contributed by atoms with Crippen LogP contribution in [0.15, 0.2) is 56.3 Å². The lowest BCUT2D eigenvalue weighted by Gasteiger charge is -2.42. The molecule has 1 heterocycles. The third-order valence-electron chi connectivity index (χ3n) is 5.94. The second-order valence-corrected chi connectivity index (χ2v) is 9.39. The highest BCUT2D eigenvalue weighted by Crippen LogP contribution is 2.50. The molecule has 1 aromatic carbocycles. The number of halogens is 2. The molecule has 0 unspecified atom stereocenters. The van der Waals surface area contributed by atoms with Crippen LogP contribution in [0, 0.1) is 0 Å². The van der Waals surface area contributed by atoms with Gasteiger partial charge in [-0.3, -0.25) is 9.59 Å². The average molecular weight is 521 g/mol. The molecule has 0 atom stereocenters. The minimum atomic E-state index is -0.308. The summed E-state index contributed by atoms with van der Waals surface area (Å²) >= 11 is 7.22. The fourth-order valence-corrected chi connectivity index (χ4v) is 6.16. The molecule has 29 heavy (non-hydrogen) atoms. The minimum absolute atomic E-state index is 0.159. The number of ketones is 2. The number of rotatable bonds is 4. The lowest BCUT2D eigenvalue weighted by molar-refractivity contribution is -0.117. The zero-order chi connectivity index (χ0) is 20.7. The molecule has 0 aromatic heterocycles. The van der Waals surface area contributed by atoms with Crippen LogP contribution in [0.25, 0.3) is 0 Å². The summed E-state index contributed by atoms with van der Waals surface area (Å²) in [6, 6.07) is 3.97. The Hall–Kier alpha value is -1.66. The molecule has 1 aliphatic heterocycles. The molecule has 0 saturated heterocycles. The predicted molar refractivity (Wildman–Crippen MR) is 120 cm³/mol. The molecule has 0 fully saturated rings. The summed E-state index contributed by atoms with van der Waals surface area (Å²) in [6.45, 7) is 4.09. The zero-order valence-electron chi connectivity index (χ0n) is 16.4. The van der Waals surface area contributed by atoms with Gasteiger partial charge in [0, 0.05) is 48.3 Å². The van der Waals surface area contributed by atoms with Crippen molar-refractivity contribution in [1.82, 2.24) is 4.90 Å². The molecule has 0 bridgehead atoms. The van der Waals surface area contributed by atoms with Gasteiger partial charge in [0.1, 0.15) is 12.4 Å². The lowest BCUT2D eigenvalue weighted by atomic mass is 9.71. The van der Waals surface area contributed by atoms with E-state index in [0.29, 0.717) is 25.2 Å². The van der Waals surface area contributed by atoms with Crippen molar-refractivity contribution in [3.8, 4) is 5.75 Å². The van der Waals surface area contributed by atoms with Crippen molar-refractivity contribution in [3.63, 3.8) is 0 Å². The van der Waals surface area contributed by atoms with E-state index < -0.39 is 0 Å². The summed E-state index contributed by atoms with van der Waals surface area (Å²) in [6.07, 6.45) is 6.27. The Bertz CT molecular complexity index is 909. The highest BCUT2D eigenvalue weighted by molar-refractivity contribution is 9.11. The van der Waals surface area contributed by atoms with E-state index in [1.165, 1.54) is 0 Å². The van der Waals surface area contributed by atoms with Gasteiger partial charge in [-0.05, 0) is 75.2 Å². The molecule has 0 amide bonds. The largest absolute Gasteiger partial charge is 0.487 e. The Morgan fingerprint density at radius 2 is 1.55 bits per heavy atom. The number of carbonyl (C=O) groups excluding carboxylic acids is 2. The second-order valence-electron chi connectivity index (χ2n) is 7.68. The maximum Gasteiger partial charge on any atom is 0.161 e. The fourth-order valence-electron chi connectivity index (χ4n) is 4.71. The molecule has 2 aliphatic carbocycles. The number of hydrogen-bond acceptors (Lipinski definition) is 4. The number of hydrogen-bond donors (Lipinski definition) is 0. The maximum absolute atomic E-state index is 13.0. The minimum Gasteiger partial charge on any atom is -0.487 e. The van der Waals surface area contributed by atoms with E-state index in [2.05, 4.69) is 43.3 Å². The second kappa shape index (κ2) is 8.23. The van der Waals surface area contributed by atoms with E-state index >= 15 is 0 Å². The quantitative estimate of drug-likeness (QED) is 0.469. The van der Waals surface area contributed by atoms with Gasteiger partial charge in [-0.25, -0.2) is 0 Å². The van der Waals surface area contributed by atoms with Crippen LogP contribution in [0.5, 0.6) is 5.75 Å². The van der Waals surface area contributed by atoms with Gasteiger partial charge in [-0.2, -0.15) is 0 Å². The Morgan fingerprint density at radius 1 is 1.03 bits per heavy atom. The highest BCUT2D eigenvalue weighted by Gasteiger charge is 2.42. The molecule has 152 valence electrons. The Kier molecular flexibility index (Phi) is 5.85. The van der Waals surface area contributed by atoms with E-state index in [-0.39, 0.29) is 17.5 Å². The van der Waals surface area contributed by atoms with Crippen LogP contribution in [-0.4, -0.2) is 30.1 Å². The third-order valence-corrected chi connectivity index (χ3v) is 7.12. The van der Waals surface area contributed by atoms with E-state index in [9.17, 15) is 9.59 Å². The van der Waals surface area contributed by atoms with Crippen molar-refractivity contribution in [3.05, 3.63) is 61.8 Å². The Morgan fingerprint density at radius 3 is 2.03 bits per heavy atom. The summed E-state index contributed by atoms with van der Waals surface area (Å²) in [5, 5.41) is 0. The van der Waals surface area contributed by atoms with E-state index in [1.54, 1.807) is 6.08 Å². The standard InChI is InChI=1S/C23H23Br2NO3/c1-3-10-29-23-14(24)11-13(12-15(23)25)20-21-16(6-4-8-18(21)27)26(2)17-7-5-9-19(28)22(17)20/h3,11-12,20H,1,4-10H2,2H3. The van der Waals surface area contributed by atoms with Gasteiger partial charge in [0.2, 0.25) is 0 Å². The van der Waals surface area contributed by atoms with Gasteiger partial charge in [-0.1, -0.05) is 12.7 Å². The molecular weight excluding hydrogens is 498 g/mol. The fraction of sp³-hybridized carbons (Fsp3) is 0.391. The number of ether oxygens (including phenoxy) is 1. The summed E-state index contributed by atoms with van der Waals surface area (Å²) in [7, 11) is 2.01. The van der Waals surface area contributed by atoms with Gasteiger partial charge in [0.05, 0.1) is 8.95 Å². The zero-order valence-corrected chi connectivity index (χ0v) is 19.6. The number of carbonyl (C=O) groups is 2. The normalized spacial score (nSPS) is 20.0. The predicted octanol–water partition coefficient (Wildman–Crippen LogP) is 5.82. The van der Waals surface area contributed by atoms with Crippen LogP contribution in [0.3, 0.4) is 0 Å². The van der Waals surface area contributed by atoms with Crippen molar-refractivity contribution in [2.75, 3.05) is 13.7 Å². The Balaban J connectivity index is 1.90. The Labute approximate surface area is 187 Å². The van der Waals surface area contributed by atoms with Crippen LogP contribution in [-0.2, 0) is 9.59 Å². The average Bonchev–Trinajstić information content (AvgIpc) is 2.69. The van der Waals surface area contributed by atoms with Gasteiger partial charge in [-0.15, -0.1) is 0 Å². The molecule has 4 nitrogen and oxygen atoms in total. The van der Waals surface area contributed by atoms with Gasteiger partial charge in [0.15, 0.2) is 11.6 Å². The molecular formula is C23H23Br2NO3. The van der Waals surface area contributed by atoms with Gasteiger partial charge < -0.3 is 9.64 Å². The molecule has 3 aliphatic rings. The first-order valence-corrected chi connectivity index (χ1v) is 11.5. The third kappa shape index (κ3) is 3.55. The van der Waals surface area contributed by atoms with E-state index in [1.807, 2.05) is 19.2 Å².